The van der Waals surface area contributed by atoms with Crippen molar-refractivity contribution in [3.8, 4) is 22.3 Å². The van der Waals surface area contributed by atoms with E-state index in [2.05, 4.69) is 109 Å². The molecule has 170 valence electrons. The van der Waals surface area contributed by atoms with Gasteiger partial charge in [0.2, 0.25) is 0 Å². The van der Waals surface area contributed by atoms with Crippen molar-refractivity contribution in [3.63, 3.8) is 0 Å². The van der Waals surface area contributed by atoms with Crippen molar-refractivity contribution in [2.45, 2.75) is 18.3 Å². The molecule has 4 aliphatic carbocycles. The molecule has 0 aliphatic heterocycles. The van der Waals surface area contributed by atoms with E-state index in [1.54, 1.807) is 16.7 Å². The first-order chi connectivity index (χ1) is 18.3. The topological polar surface area (TPSA) is 0 Å². The van der Waals surface area contributed by atoms with Gasteiger partial charge in [0.15, 0.2) is 0 Å². The Balaban J connectivity index is 1.50. The third-order valence-corrected chi connectivity index (χ3v) is 9.68. The summed E-state index contributed by atoms with van der Waals surface area (Å²) in [5.41, 5.74) is 17.8. The summed E-state index contributed by atoms with van der Waals surface area (Å²) in [6.07, 6.45) is 2.06. The summed E-state index contributed by atoms with van der Waals surface area (Å²) in [7, 11) is 0. The maximum Gasteiger partial charge on any atom is 0.0519 e. The molecule has 0 heterocycles. The zero-order valence-electron chi connectivity index (χ0n) is 20.3. The van der Waals surface area contributed by atoms with Crippen LogP contribution >= 0.6 is 0 Å². The minimum absolute atomic E-state index is 0.142. The van der Waals surface area contributed by atoms with Crippen molar-refractivity contribution in [3.05, 3.63) is 143 Å². The summed E-state index contributed by atoms with van der Waals surface area (Å²) in [4.78, 5) is 0. The lowest BCUT2D eigenvalue weighted by molar-refractivity contribution is 0.668. The molecule has 0 N–H and O–H groups in total. The fourth-order valence-electron chi connectivity index (χ4n) is 8.40. The van der Waals surface area contributed by atoms with Gasteiger partial charge in [-0.1, -0.05) is 91.0 Å². The van der Waals surface area contributed by atoms with Gasteiger partial charge in [0.1, 0.15) is 0 Å². The normalized spacial score (nSPS) is 19.1. The summed E-state index contributed by atoms with van der Waals surface area (Å²) in [6, 6.07) is 41.7. The predicted molar refractivity (Wildman–Crippen MR) is 154 cm³/mol. The lowest BCUT2D eigenvalue weighted by atomic mass is 9.58. The van der Waals surface area contributed by atoms with Gasteiger partial charge in [0.25, 0.3) is 0 Å². The zero-order chi connectivity index (χ0) is 23.9. The van der Waals surface area contributed by atoms with Gasteiger partial charge in [0.05, 0.1) is 5.41 Å². The van der Waals surface area contributed by atoms with Crippen molar-refractivity contribution in [1.82, 2.24) is 0 Å². The summed E-state index contributed by atoms with van der Waals surface area (Å²) in [6.45, 7) is 0. The molecule has 0 radical (unpaired) electrons. The first-order valence-electron chi connectivity index (χ1n) is 13.4. The monoisotopic (exact) mass is 466 g/mol. The molecule has 4 aliphatic rings. The fraction of sp³-hybridized carbons (Fsp3) is 0.0811. The van der Waals surface area contributed by atoms with Gasteiger partial charge in [-0.05, 0) is 119 Å². The molecular formula is C37H22. The fourth-order valence-corrected chi connectivity index (χ4v) is 8.40. The Hall–Kier alpha value is -4.42. The first-order valence-corrected chi connectivity index (χ1v) is 13.4. The molecule has 6 aromatic rings. The molecule has 10 rings (SSSR count). The van der Waals surface area contributed by atoms with Crippen LogP contribution in [-0.2, 0) is 18.3 Å². The predicted octanol–water partition coefficient (Wildman–Crippen LogP) is 8.96. The average Bonchev–Trinajstić information content (AvgIpc) is 3.47. The smallest absolute Gasteiger partial charge is 0.0519 e. The van der Waals surface area contributed by atoms with E-state index in [1.807, 2.05) is 0 Å². The molecule has 1 atom stereocenters. The van der Waals surface area contributed by atoms with Crippen LogP contribution in [0.1, 0.15) is 33.4 Å². The van der Waals surface area contributed by atoms with Crippen LogP contribution in [0.15, 0.2) is 109 Å². The second-order valence-electron chi connectivity index (χ2n) is 11.2. The van der Waals surface area contributed by atoms with Gasteiger partial charge >= 0.3 is 0 Å². The van der Waals surface area contributed by atoms with Crippen LogP contribution in [0.25, 0.3) is 54.9 Å². The molecule has 0 heteroatoms. The van der Waals surface area contributed by atoms with Gasteiger partial charge in [-0.15, -0.1) is 0 Å². The van der Waals surface area contributed by atoms with Crippen LogP contribution in [0.4, 0.5) is 0 Å². The maximum absolute atomic E-state index is 2.54. The van der Waals surface area contributed by atoms with Crippen LogP contribution in [0, 0.1) is 0 Å². The zero-order valence-corrected chi connectivity index (χ0v) is 20.3. The highest BCUT2D eigenvalue weighted by Gasteiger charge is 2.56. The van der Waals surface area contributed by atoms with Gasteiger partial charge in [0, 0.05) is 0 Å². The van der Waals surface area contributed by atoms with Crippen molar-refractivity contribution in [1.29, 1.82) is 0 Å². The van der Waals surface area contributed by atoms with Crippen LogP contribution in [-0.4, -0.2) is 0 Å². The summed E-state index contributed by atoms with van der Waals surface area (Å²) in [5.74, 6) is 0. The molecule has 0 amide bonds. The lowest BCUT2D eigenvalue weighted by Crippen LogP contribution is -2.35. The standard InChI is InChI=1S/C37H22/c1-2-9-22-19-32-31(16-21(22)8-1)34-27-14-6-3-10-23(27)17-30-28-15-7-12-24-18-29-26-13-5-4-11-25(26)20-37(32,36(30)34)35(29)33(24)28/h1-17,19H,18,20H2. The number of hydrogen-bond acceptors (Lipinski definition) is 0. The van der Waals surface area contributed by atoms with E-state index in [0.29, 0.717) is 0 Å². The van der Waals surface area contributed by atoms with Crippen molar-refractivity contribution >= 4 is 32.7 Å². The van der Waals surface area contributed by atoms with E-state index in [-0.39, 0.29) is 5.41 Å². The minimum Gasteiger partial charge on any atom is -0.0620 e. The van der Waals surface area contributed by atoms with Gasteiger partial charge in [-0.2, -0.15) is 0 Å². The quantitative estimate of drug-likeness (QED) is 0.210. The highest BCUT2D eigenvalue weighted by atomic mass is 14.6. The minimum atomic E-state index is -0.142. The molecule has 0 nitrogen and oxygen atoms in total. The second kappa shape index (κ2) is 6.10. The number of hydrogen-bond donors (Lipinski definition) is 0. The Labute approximate surface area is 215 Å². The number of allylic oxidation sites excluding steroid dienone is 2. The van der Waals surface area contributed by atoms with E-state index in [9.17, 15) is 0 Å². The summed E-state index contributed by atoms with van der Waals surface area (Å²) >= 11 is 0. The molecule has 37 heavy (non-hydrogen) atoms. The van der Waals surface area contributed by atoms with Crippen LogP contribution < -0.4 is 0 Å². The molecule has 0 bridgehead atoms. The largest absolute Gasteiger partial charge is 0.0620 e. The van der Waals surface area contributed by atoms with E-state index >= 15 is 0 Å². The molecular weight excluding hydrogens is 444 g/mol. The van der Waals surface area contributed by atoms with E-state index in [4.69, 9.17) is 0 Å². The van der Waals surface area contributed by atoms with Crippen LogP contribution in [0.2, 0.25) is 0 Å². The average molecular weight is 467 g/mol. The summed E-state index contributed by atoms with van der Waals surface area (Å²) < 4.78 is 0. The number of rotatable bonds is 0. The Morgan fingerprint density at radius 1 is 0.514 bits per heavy atom. The first kappa shape index (κ1) is 18.8. The highest BCUT2D eigenvalue weighted by molar-refractivity contribution is 6.19. The Bertz CT molecular complexity index is 2090. The molecule has 0 fully saturated rings. The third kappa shape index (κ3) is 2.00. The SMILES string of the molecule is c1ccc2c(c1)CC13C4=C2Cc2cccc(c24)-c2cc4ccccc4c(c21)-c1cc2ccccc2cc13. The second-order valence-corrected chi connectivity index (χ2v) is 11.2. The van der Waals surface area contributed by atoms with Crippen molar-refractivity contribution in [2.24, 2.45) is 0 Å². The molecule has 1 unspecified atom stereocenters. The van der Waals surface area contributed by atoms with Crippen molar-refractivity contribution in [2.75, 3.05) is 0 Å². The maximum atomic E-state index is 2.54. The van der Waals surface area contributed by atoms with E-state index in [1.165, 1.54) is 71.6 Å². The molecule has 6 aromatic carbocycles. The molecule has 0 aromatic heterocycles. The molecule has 0 saturated heterocycles. The molecule has 1 spiro atoms. The lowest BCUT2D eigenvalue weighted by Gasteiger charge is -2.44. The highest BCUT2D eigenvalue weighted by Crippen LogP contribution is 2.69. The molecule has 0 saturated carbocycles. The van der Waals surface area contributed by atoms with E-state index < -0.39 is 0 Å². The van der Waals surface area contributed by atoms with Crippen LogP contribution in [0.5, 0.6) is 0 Å². The van der Waals surface area contributed by atoms with E-state index in [0.717, 1.165) is 12.8 Å². The third-order valence-electron chi connectivity index (χ3n) is 9.68. The Kier molecular flexibility index (Phi) is 3.10. The Morgan fingerprint density at radius 3 is 2.14 bits per heavy atom. The number of fused-ring (bicyclic) bond motifs is 8. The van der Waals surface area contributed by atoms with Crippen LogP contribution in [0.3, 0.4) is 0 Å². The Morgan fingerprint density at radius 2 is 1.22 bits per heavy atom. The number of benzene rings is 6. The summed E-state index contributed by atoms with van der Waals surface area (Å²) in [5, 5.41) is 5.39. The van der Waals surface area contributed by atoms with Gasteiger partial charge in [-0.25, -0.2) is 0 Å². The van der Waals surface area contributed by atoms with Crippen molar-refractivity contribution < 1.29 is 0 Å². The van der Waals surface area contributed by atoms with Gasteiger partial charge in [-0.3, -0.25) is 0 Å². The van der Waals surface area contributed by atoms with Gasteiger partial charge < -0.3 is 0 Å².